The van der Waals surface area contributed by atoms with E-state index in [0.29, 0.717) is 30.9 Å². The topological polar surface area (TPSA) is 169 Å². The summed E-state index contributed by atoms with van der Waals surface area (Å²) in [5.74, 6) is -2.04. The van der Waals surface area contributed by atoms with Crippen LogP contribution in [0.1, 0.15) is 37.7 Å². The number of rotatable bonds is 7. The molecule has 1 unspecified atom stereocenters. The van der Waals surface area contributed by atoms with Gasteiger partial charge in [0.05, 0.1) is 23.8 Å². The maximum Gasteiger partial charge on any atom is 0.417 e. The zero-order valence-electron chi connectivity index (χ0n) is 19.2. The first kappa shape index (κ1) is 24.6. The van der Waals surface area contributed by atoms with Crippen LogP contribution in [-0.4, -0.2) is 63.9 Å². The molecule has 3 rings (SSSR count). The van der Waals surface area contributed by atoms with Gasteiger partial charge in [-0.3, -0.25) is 10.1 Å². The van der Waals surface area contributed by atoms with Crippen molar-refractivity contribution in [3.05, 3.63) is 40.1 Å². The average Bonchev–Trinajstić information content (AvgIpc) is 3.26. The first-order chi connectivity index (χ1) is 16.0. The molecule has 1 saturated heterocycles. The minimum Gasteiger partial charge on any atom is -0.495 e. The van der Waals surface area contributed by atoms with E-state index in [0.717, 1.165) is 4.90 Å². The van der Waals surface area contributed by atoms with Crippen LogP contribution in [0, 0.1) is 10.1 Å². The van der Waals surface area contributed by atoms with E-state index in [9.17, 15) is 24.8 Å². The van der Waals surface area contributed by atoms with Gasteiger partial charge in [-0.15, -0.1) is 0 Å². The number of anilines is 3. The number of carboxylic acids is 1. The molecular formula is C21H26N6O7. The summed E-state index contributed by atoms with van der Waals surface area (Å²) in [5.41, 5.74) is -2.26. The van der Waals surface area contributed by atoms with E-state index in [1.807, 2.05) is 0 Å². The second kappa shape index (κ2) is 9.87. The van der Waals surface area contributed by atoms with Crippen LogP contribution in [0.25, 0.3) is 0 Å². The van der Waals surface area contributed by atoms with Gasteiger partial charge in [-0.1, -0.05) is 12.1 Å². The van der Waals surface area contributed by atoms with E-state index in [1.165, 1.54) is 7.11 Å². The van der Waals surface area contributed by atoms with Gasteiger partial charge in [-0.25, -0.2) is 14.5 Å². The molecule has 1 aromatic carbocycles. The van der Waals surface area contributed by atoms with Gasteiger partial charge < -0.3 is 25.2 Å². The van der Waals surface area contributed by atoms with Gasteiger partial charge in [0.1, 0.15) is 11.4 Å². The highest BCUT2D eigenvalue weighted by molar-refractivity contribution is 5.95. The lowest BCUT2D eigenvalue weighted by molar-refractivity contribution is -0.384. The Morgan fingerprint density at radius 3 is 2.56 bits per heavy atom. The molecule has 0 bridgehead atoms. The van der Waals surface area contributed by atoms with Gasteiger partial charge in [-0.05, 0) is 45.9 Å². The Balaban J connectivity index is 2.19. The van der Waals surface area contributed by atoms with Crippen molar-refractivity contribution in [3.8, 4) is 5.75 Å². The molecule has 0 spiro atoms. The number of aromatic carboxylic acids is 1. The van der Waals surface area contributed by atoms with E-state index in [-0.39, 0.29) is 5.95 Å². The van der Waals surface area contributed by atoms with Crippen molar-refractivity contribution in [1.29, 1.82) is 0 Å². The monoisotopic (exact) mass is 474 g/mol. The van der Waals surface area contributed by atoms with Crippen molar-refractivity contribution in [2.75, 3.05) is 30.4 Å². The van der Waals surface area contributed by atoms with Crippen LogP contribution in [0.4, 0.5) is 27.9 Å². The lowest BCUT2D eigenvalue weighted by Gasteiger charge is -2.30. The Kier molecular flexibility index (Phi) is 7.15. The van der Waals surface area contributed by atoms with E-state index in [1.54, 1.807) is 45.0 Å². The fraction of sp³-hybridized carbons (Fsp3) is 0.429. The van der Waals surface area contributed by atoms with Crippen molar-refractivity contribution in [2.24, 2.45) is 0 Å². The lowest BCUT2D eigenvalue weighted by Crippen LogP contribution is -2.45. The Bertz CT molecular complexity index is 1100. The molecule has 1 aliphatic heterocycles. The van der Waals surface area contributed by atoms with Crippen LogP contribution in [-0.2, 0) is 4.74 Å². The third kappa shape index (κ3) is 5.49. The smallest absolute Gasteiger partial charge is 0.417 e. The summed E-state index contributed by atoms with van der Waals surface area (Å²) in [4.78, 5) is 45.2. The molecule has 0 radical (unpaired) electrons. The van der Waals surface area contributed by atoms with Gasteiger partial charge in [0.2, 0.25) is 17.5 Å². The highest BCUT2D eigenvalue weighted by atomic mass is 16.6. The highest BCUT2D eigenvalue weighted by Gasteiger charge is 2.37. The minimum atomic E-state index is -1.65. The minimum absolute atomic E-state index is 0.306. The van der Waals surface area contributed by atoms with Gasteiger partial charge in [0.15, 0.2) is 0 Å². The summed E-state index contributed by atoms with van der Waals surface area (Å²) >= 11 is 0. The van der Waals surface area contributed by atoms with Crippen LogP contribution in [0.15, 0.2) is 24.3 Å². The first-order valence-electron chi connectivity index (χ1n) is 10.4. The molecule has 182 valence electrons. The van der Waals surface area contributed by atoms with Crippen molar-refractivity contribution in [3.63, 3.8) is 0 Å². The fourth-order valence-corrected chi connectivity index (χ4v) is 3.40. The number of amides is 1. The molecule has 13 nitrogen and oxygen atoms in total. The predicted octanol–water partition coefficient (Wildman–Crippen LogP) is 2.94. The number of hydrogen-bond acceptors (Lipinski definition) is 10. The summed E-state index contributed by atoms with van der Waals surface area (Å²) in [6.45, 7) is 6.05. The number of aromatic nitrogens is 2. The molecule has 3 N–H and O–H groups in total. The number of methoxy groups -OCH3 is 1. The molecule has 1 amide bonds. The second-order valence-electron chi connectivity index (χ2n) is 8.45. The van der Waals surface area contributed by atoms with Gasteiger partial charge in [0, 0.05) is 6.54 Å². The molecule has 2 heterocycles. The van der Waals surface area contributed by atoms with Crippen LogP contribution in [0.5, 0.6) is 5.75 Å². The maximum atomic E-state index is 13.1. The molecule has 1 aromatic heterocycles. The fourth-order valence-electron chi connectivity index (χ4n) is 3.40. The van der Waals surface area contributed by atoms with Gasteiger partial charge in [-0.2, -0.15) is 9.97 Å². The number of carbonyl (C=O) groups is 2. The Morgan fingerprint density at radius 1 is 1.29 bits per heavy atom. The van der Waals surface area contributed by atoms with Crippen LogP contribution >= 0.6 is 0 Å². The molecule has 0 saturated carbocycles. The Labute approximate surface area is 195 Å². The third-order valence-corrected chi connectivity index (χ3v) is 4.82. The van der Waals surface area contributed by atoms with Crippen LogP contribution in [0.2, 0.25) is 0 Å². The number of hydrogen-bond donors (Lipinski definition) is 3. The van der Waals surface area contributed by atoms with E-state index >= 15 is 0 Å². The molecule has 34 heavy (non-hydrogen) atoms. The molecule has 0 aliphatic carbocycles. The summed E-state index contributed by atoms with van der Waals surface area (Å²) < 4.78 is 10.8. The summed E-state index contributed by atoms with van der Waals surface area (Å²) in [7, 11) is 1.42. The highest BCUT2D eigenvalue weighted by Crippen LogP contribution is 2.35. The summed E-state index contributed by atoms with van der Waals surface area (Å²) in [5, 5.41) is 27.4. The number of carboxylic acid groups (broad SMARTS) is 1. The second-order valence-corrected chi connectivity index (χ2v) is 8.45. The number of nitrogens with zero attached hydrogens (tertiary/aromatic N) is 4. The van der Waals surface area contributed by atoms with Crippen molar-refractivity contribution >= 4 is 35.2 Å². The number of para-hydroxylation sites is 2. The number of carbonyl (C=O) groups excluding carboxylic acids is 1. The zero-order chi connectivity index (χ0) is 25.0. The van der Waals surface area contributed by atoms with Crippen LogP contribution in [0.3, 0.4) is 0 Å². The number of nitro groups is 1. The molecule has 1 aliphatic rings. The van der Waals surface area contributed by atoms with Gasteiger partial charge >= 0.3 is 17.7 Å². The standard InChI is InChI=1S/C21H26N6O7/c1-21(2,3)34-20(30)26(12-9-10-22-11-12)19-24-15(18(28)29)16(27(31)32)17(25-19)23-13-7-5-6-8-14(13)33-4/h5-8,12,22H,9-11H2,1-4H3,(H,28,29)(H,23,24,25). The number of benzene rings is 1. The van der Waals surface area contributed by atoms with Crippen molar-refractivity contribution < 1.29 is 29.1 Å². The normalized spacial score (nSPS) is 15.5. The molecule has 13 heteroatoms. The lowest BCUT2D eigenvalue weighted by atomic mass is 10.2. The summed E-state index contributed by atoms with van der Waals surface area (Å²) in [6.07, 6.45) is -0.272. The summed E-state index contributed by atoms with van der Waals surface area (Å²) in [6, 6.07) is 6.11. The largest absolute Gasteiger partial charge is 0.495 e. The Hall–Kier alpha value is -4.00. The van der Waals surface area contributed by atoms with E-state index in [2.05, 4.69) is 20.6 Å². The zero-order valence-corrected chi connectivity index (χ0v) is 19.2. The quantitative estimate of drug-likeness (QED) is 0.398. The molecular weight excluding hydrogens is 448 g/mol. The molecule has 1 fully saturated rings. The maximum absolute atomic E-state index is 13.1. The van der Waals surface area contributed by atoms with E-state index in [4.69, 9.17) is 9.47 Å². The van der Waals surface area contributed by atoms with Crippen molar-refractivity contribution in [1.82, 2.24) is 15.3 Å². The number of ether oxygens (including phenoxy) is 2. The third-order valence-electron chi connectivity index (χ3n) is 4.82. The average molecular weight is 474 g/mol. The number of nitrogens with one attached hydrogen (secondary N) is 2. The Morgan fingerprint density at radius 2 is 2.00 bits per heavy atom. The van der Waals surface area contributed by atoms with Crippen molar-refractivity contribution in [2.45, 2.75) is 38.8 Å². The SMILES string of the molecule is COc1ccccc1Nc1nc(N(C(=O)OC(C)(C)C)C2CCNC2)nc(C(=O)O)c1[N+](=O)[O-]. The predicted molar refractivity (Wildman–Crippen MR) is 122 cm³/mol. The van der Waals surface area contributed by atoms with Gasteiger partial charge in [0.25, 0.3) is 0 Å². The first-order valence-corrected chi connectivity index (χ1v) is 10.4. The van der Waals surface area contributed by atoms with Crippen LogP contribution < -0.4 is 20.3 Å². The van der Waals surface area contributed by atoms with E-state index < -0.39 is 45.8 Å². The molecule has 2 aromatic rings. The molecule has 1 atom stereocenters.